The van der Waals surface area contributed by atoms with Crippen LogP contribution >= 0.6 is 0 Å². The van der Waals surface area contributed by atoms with Gasteiger partial charge in [0, 0.05) is 0 Å². The van der Waals surface area contributed by atoms with Crippen molar-refractivity contribution >= 4 is 9.04 Å². The molecule has 1 aromatic carbocycles. The molecule has 1 aliphatic rings. The average molecular weight is 261 g/mol. The first-order valence-electron chi connectivity index (χ1n) is 7.17. The van der Waals surface area contributed by atoms with E-state index in [0.717, 1.165) is 5.92 Å². The summed E-state index contributed by atoms with van der Waals surface area (Å²) in [6.45, 7) is 8.83. The van der Waals surface area contributed by atoms with E-state index in [1.54, 1.807) is 0 Å². The Morgan fingerprint density at radius 3 is 2.33 bits per heavy atom. The second-order valence-corrected chi connectivity index (χ2v) is 7.87. The monoisotopic (exact) mass is 261 g/mol. The Kier molecular flexibility index (Phi) is 4.49. The standard InChI is InChI=1S/C16H25OSi/c1-12-10-13(2)16(17-18(3)4)15(11-12)14-8-6-5-7-9-14/h10-11,14H,5-9H2,1-4H3. The van der Waals surface area contributed by atoms with Crippen LogP contribution < -0.4 is 4.43 Å². The van der Waals surface area contributed by atoms with Crippen LogP contribution in [0.4, 0.5) is 0 Å². The molecule has 0 unspecified atom stereocenters. The smallest absolute Gasteiger partial charge is 0.274 e. The van der Waals surface area contributed by atoms with Gasteiger partial charge in [0.15, 0.2) is 0 Å². The van der Waals surface area contributed by atoms with E-state index in [2.05, 4.69) is 39.1 Å². The fourth-order valence-corrected chi connectivity index (χ4v) is 3.73. The van der Waals surface area contributed by atoms with Gasteiger partial charge in [-0.1, -0.05) is 37.0 Å². The van der Waals surface area contributed by atoms with Crippen LogP contribution in [0.25, 0.3) is 0 Å². The Labute approximate surface area is 113 Å². The van der Waals surface area contributed by atoms with Crippen molar-refractivity contribution in [3.63, 3.8) is 0 Å². The predicted octanol–water partition coefficient (Wildman–Crippen LogP) is 4.98. The molecule has 0 bridgehead atoms. The van der Waals surface area contributed by atoms with Gasteiger partial charge in [0.25, 0.3) is 9.04 Å². The lowest BCUT2D eigenvalue weighted by Gasteiger charge is -2.26. The van der Waals surface area contributed by atoms with Gasteiger partial charge < -0.3 is 4.43 Å². The van der Waals surface area contributed by atoms with Gasteiger partial charge in [0.05, 0.1) is 0 Å². The highest BCUT2D eigenvalue weighted by Gasteiger charge is 2.21. The topological polar surface area (TPSA) is 9.23 Å². The Bertz CT molecular complexity index is 406. The Morgan fingerprint density at radius 2 is 1.72 bits per heavy atom. The number of hydrogen-bond donors (Lipinski definition) is 0. The maximum absolute atomic E-state index is 6.19. The molecule has 0 aromatic heterocycles. The molecule has 1 saturated carbocycles. The van der Waals surface area contributed by atoms with E-state index in [4.69, 9.17) is 4.43 Å². The molecule has 1 fully saturated rings. The summed E-state index contributed by atoms with van der Waals surface area (Å²) in [6.07, 6.45) is 6.86. The van der Waals surface area contributed by atoms with Crippen molar-refractivity contribution in [3.05, 3.63) is 28.8 Å². The fraction of sp³-hybridized carbons (Fsp3) is 0.625. The van der Waals surface area contributed by atoms with Crippen LogP contribution in [0.2, 0.25) is 13.1 Å². The molecule has 0 saturated heterocycles. The average Bonchev–Trinajstić information content (AvgIpc) is 2.33. The molecular formula is C16H25OSi. The SMILES string of the molecule is Cc1cc(C)c(O[Si](C)C)c(C2CCCCC2)c1. The lowest BCUT2D eigenvalue weighted by Crippen LogP contribution is -2.16. The predicted molar refractivity (Wildman–Crippen MR) is 79.9 cm³/mol. The second kappa shape index (κ2) is 5.92. The van der Waals surface area contributed by atoms with Crippen molar-refractivity contribution in [1.82, 2.24) is 0 Å². The van der Waals surface area contributed by atoms with Crippen molar-refractivity contribution in [1.29, 1.82) is 0 Å². The van der Waals surface area contributed by atoms with E-state index in [1.165, 1.54) is 54.5 Å². The Hall–Kier alpha value is -0.763. The summed E-state index contributed by atoms with van der Waals surface area (Å²) < 4.78 is 6.19. The molecule has 99 valence electrons. The van der Waals surface area contributed by atoms with Gasteiger partial charge in [0.1, 0.15) is 5.75 Å². The molecule has 0 aliphatic heterocycles. The normalized spacial score (nSPS) is 17.2. The molecule has 0 spiro atoms. The van der Waals surface area contributed by atoms with Crippen LogP contribution in [0.5, 0.6) is 5.75 Å². The number of hydrogen-bond acceptors (Lipinski definition) is 1. The highest BCUT2D eigenvalue weighted by molar-refractivity contribution is 6.49. The maximum Gasteiger partial charge on any atom is 0.274 e. The summed E-state index contributed by atoms with van der Waals surface area (Å²) in [5.41, 5.74) is 4.18. The minimum Gasteiger partial charge on any atom is -0.542 e. The van der Waals surface area contributed by atoms with Crippen LogP contribution in [-0.4, -0.2) is 9.04 Å². The van der Waals surface area contributed by atoms with Gasteiger partial charge in [-0.2, -0.15) is 0 Å². The Balaban J connectivity index is 2.35. The van der Waals surface area contributed by atoms with Gasteiger partial charge in [-0.05, 0) is 56.8 Å². The molecule has 0 N–H and O–H groups in total. The van der Waals surface area contributed by atoms with Gasteiger partial charge in [-0.25, -0.2) is 0 Å². The molecule has 0 atom stereocenters. The summed E-state index contributed by atoms with van der Waals surface area (Å²) in [5, 5.41) is 0. The Morgan fingerprint density at radius 1 is 1.06 bits per heavy atom. The van der Waals surface area contributed by atoms with Gasteiger partial charge in [0.2, 0.25) is 0 Å². The highest BCUT2D eigenvalue weighted by atomic mass is 28.3. The number of benzene rings is 1. The van der Waals surface area contributed by atoms with Crippen LogP contribution in [0.1, 0.15) is 54.7 Å². The maximum atomic E-state index is 6.19. The quantitative estimate of drug-likeness (QED) is 0.697. The first-order chi connectivity index (χ1) is 8.58. The third-order valence-corrected chi connectivity index (χ3v) is 4.41. The summed E-state index contributed by atoms with van der Waals surface area (Å²) in [4.78, 5) is 0. The fourth-order valence-electron chi connectivity index (χ4n) is 3.05. The minimum absolute atomic E-state index is 0.682. The van der Waals surface area contributed by atoms with E-state index in [1.807, 2.05) is 0 Å². The van der Waals surface area contributed by atoms with E-state index < -0.39 is 9.04 Å². The summed E-state index contributed by atoms with van der Waals surface area (Å²) in [7, 11) is -0.682. The summed E-state index contributed by atoms with van der Waals surface area (Å²) in [6, 6.07) is 4.62. The van der Waals surface area contributed by atoms with Crippen molar-refractivity contribution in [2.45, 2.75) is 65.0 Å². The zero-order chi connectivity index (χ0) is 13.1. The van der Waals surface area contributed by atoms with Gasteiger partial charge >= 0.3 is 0 Å². The van der Waals surface area contributed by atoms with Crippen LogP contribution in [-0.2, 0) is 0 Å². The zero-order valence-corrected chi connectivity index (χ0v) is 13.2. The van der Waals surface area contributed by atoms with Crippen molar-refractivity contribution in [3.8, 4) is 5.75 Å². The van der Waals surface area contributed by atoms with Gasteiger partial charge in [-0.15, -0.1) is 0 Å². The number of aryl methyl sites for hydroxylation is 2. The zero-order valence-electron chi connectivity index (χ0n) is 12.2. The lowest BCUT2D eigenvalue weighted by atomic mass is 9.82. The molecule has 0 heterocycles. The first kappa shape index (κ1) is 13.7. The molecule has 18 heavy (non-hydrogen) atoms. The van der Waals surface area contributed by atoms with E-state index in [-0.39, 0.29) is 0 Å². The third kappa shape index (κ3) is 3.17. The molecular weight excluding hydrogens is 236 g/mol. The van der Waals surface area contributed by atoms with Crippen molar-refractivity contribution in [2.75, 3.05) is 0 Å². The summed E-state index contributed by atoms with van der Waals surface area (Å²) >= 11 is 0. The molecule has 1 nitrogen and oxygen atoms in total. The van der Waals surface area contributed by atoms with Gasteiger partial charge in [-0.3, -0.25) is 0 Å². The number of rotatable bonds is 3. The molecule has 1 radical (unpaired) electrons. The third-order valence-electron chi connectivity index (χ3n) is 3.80. The van der Waals surface area contributed by atoms with E-state index in [9.17, 15) is 0 Å². The first-order valence-corrected chi connectivity index (χ1v) is 9.58. The van der Waals surface area contributed by atoms with Crippen LogP contribution in [0, 0.1) is 13.8 Å². The molecule has 2 rings (SSSR count). The van der Waals surface area contributed by atoms with Crippen LogP contribution in [0.3, 0.4) is 0 Å². The molecule has 2 heteroatoms. The van der Waals surface area contributed by atoms with Crippen molar-refractivity contribution < 1.29 is 4.43 Å². The van der Waals surface area contributed by atoms with E-state index >= 15 is 0 Å². The second-order valence-electron chi connectivity index (χ2n) is 5.85. The largest absolute Gasteiger partial charge is 0.542 e. The molecule has 1 aliphatic carbocycles. The lowest BCUT2D eigenvalue weighted by molar-refractivity contribution is 0.432. The molecule has 1 aromatic rings. The van der Waals surface area contributed by atoms with Crippen molar-refractivity contribution in [2.24, 2.45) is 0 Å². The minimum atomic E-state index is -0.682. The summed E-state index contributed by atoms with van der Waals surface area (Å²) in [5.74, 6) is 1.93. The highest BCUT2D eigenvalue weighted by Crippen LogP contribution is 2.39. The van der Waals surface area contributed by atoms with Crippen LogP contribution in [0.15, 0.2) is 12.1 Å². The van der Waals surface area contributed by atoms with E-state index in [0.29, 0.717) is 0 Å². The molecule has 0 amide bonds.